The number of nitrogens with zero attached hydrogens (tertiary/aromatic N) is 2. The number of carbonyl (C=O) groups excluding carboxylic acids is 1. The Labute approximate surface area is 102 Å². The Morgan fingerprint density at radius 3 is 2.53 bits per heavy atom. The van der Waals surface area contributed by atoms with Crippen LogP contribution >= 0.6 is 0 Å². The summed E-state index contributed by atoms with van der Waals surface area (Å²) in [6, 6.07) is 0. The minimum atomic E-state index is -0.431. The third-order valence-corrected chi connectivity index (χ3v) is 3.11. The first-order valence-corrected chi connectivity index (χ1v) is 6.08. The van der Waals surface area contributed by atoms with E-state index in [2.05, 4.69) is 5.16 Å². The molecule has 0 aliphatic carbocycles. The zero-order chi connectivity index (χ0) is 12.5. The molecule has 1 fully saturated rings. The third kappa shape index (κ3) is 2.90. The van der Waals surface area contributed by atoms with E-state index in [0.717, 1.165) is 19.3 Å². The number of rotatable bonds is 0. The van der Waals surface area contributed by atoms with E-state index in [1.165, 1.54) is 0 Å². The molecule has 0 unspecified atom stereocenters. The molecule has 96 valence electrons. The molecule has 0 bridgehead atoms. The maximum atomic E-state index is 11.8. The van der Waals surface area contributed by atoms with Crippen molar-refractivity contribution in [2.75, 3.05) is 13.1 Å². The molecule has 0 radical (unpaired) electrons. The number of piperidine rings is 1. The van der Waals surface area contributed by atoms with Gasteiger partial charge in [-0.1, -0.05) is 5.16 Å². The Morgan fingerprint density at radius 2 is 2.06 bits per heavy atom. The molecular formula is C12H20N2O3. The van der Waals surface area contributed by atoms with Crippen LogP contribution in [0.15, 0.2) is 5.16 Å². The number of oxime groups is 1. The molecule has 1 spiro atoms. The fourth-order valence-corrected chi connectivity index (χ4v) is 2.11. The smallest absolute Gasteiger partial charge is 0.410 e. The molecule has 17 heavy (non-hydrogen) atoms. The van der Waals surface area contributed by atoms with Crippen molar-refractivity contribution in [2.24, 2.45) is 5.16 Å². The van der Waals surface area contributed by atoms with Crippen molar-refractivity contribution >= 4 is 12.3 Å². The van der Waals surface area contributed by atoms with Gasteiger partial charge in [-0.2, -0.15) is 0 Å². The van der Waals surface area contributed by atoms with E-state index in [1.807, 2.05) is 27.0 Å². The number of likely N-dealkylation sites (tertiary alicyclic amines) is 1. The monoisotopic (exact) mass is 240 g/mol. The van der Waals surface area contributed by atoms with Gasteiger partial charge in [0.1, 0.15) is 11.2 Å². The zero-order valence-electron chi connectivity index (χ0n) is 10.7. The van der Waals surface area contributed by atoms with Gasteiger partial charge in [-0.3, -0.25) is 0 Å². The molecule has 1 saturated heterocycles. The highest BCUT2D eigenvalue weighted by Crippen LogP contribution is 2.32. The molecular weight excluding hydrogens is 220 g/mol. The van der Waals surface area contributed by atoms with Gasteiger partial charge in [0, 0.05) is 38.6 Å². The van der Waals surface area contributed by atoms with Crippen LogP contribution in [0.4, 0.5) is 4.79 Å². The largest absolute Gasteiger partial charge is 0.444 e. The molecule has 5 nitrogen and oxygen atoms in total. The molecule has 2 aliphatic heterocycles. The number of amides is 1. The summed E-state index contributed by atoms with van der Waals surface area (Å²) < 4.78 is 5.34. The number of carbonyl (C=O) groups is 1. The van der Waals surface area contributed by atoms with Crippen molar-refractivity contribution in [1.82, 2.24) is 4.90 Å². The van der Waals surface area contributed by atoms with Gasteiger partial charge in [0.2, 0.25) is 0 Å². The van der Waals surface area contributed by atoms with E-state index in [0.29, 0.717) is 13.1 Å². The van der Waals surface area contributed by atoms with E-state index in [1.54, 1.807) is 4.90 Å². The summed E-state index contributed by atoms with van der Waals surface area (Å²) >= 11 is 0. The van der Waals surface area contributed by atoms with Crippen LogP contribution in [0.1, 0.15) is 40.0 Å². The maximum absolute atomic E-state index is 11.8. The highest BCUT2D eigenvalue weighted by atomic mass is 16.7. The maximum Gasteiger partial charge on any atom is 0.410 e. The van der Waals surface area contributed by atoms with Crippen molar-refractivity contribution in [2.45, 2.75) is 51.2 Å². The molecule has 0 aromatic carbocycles. The minimum Gasteiger partial charge on any atom is -0.444 e. The van der Waals surface area contributed by atoms with Crippen molar-refractivity contribution in [1.29, 1.82) is 0 Å². The van der Waals surface area contributed by atoms with Crippen molar-refractivity contribution < 1.29 is 14.4 Å². The van der Waals surface area contributed by atoms with Crippen LogP contribution < -0.4 is 0 Å². The quantitative estimate of drug-likeness (QED) is 0.652. The van der Waals surface area contributed by atoms with Gasteiger partial charge in [-0.25, -0.2) is 4.79 Å². The van der Waals surface area contributed by atoms with Gasteiger partial charge in [0.25, 0.3) is 0 Å². The molecule has 2 heterocycles. The van der Waals surface area contributed by atoms with E-state index < -0.39 is 5.60 Å². The molecule has 0 N–H and O–H groups in total. The first-order chi connectivity index (χ1) is 7.90. The molecule has 0 saturated carbocycles. The Kier molecular flexibility index (Phi) is 3.02. The molecule has 0 aromatic rings. The molecule has 0 atom stereocenters. The Hall–Kier alpha value is -1.26. The SMILES string of the molecule is CC(C)(C)OC(=O)N1CCC2(CC=NO2)CC1. The van der Waals surface area contributed by atoms with Gasteiger partial charge in [-0.15, -0.1) is 0 Å². The van der Waals surface area contributed by atoms with E-state index in [-0.39, 0.29) is 11.7 Å². The Bertz CT molecular complexity index is 315. The summed E-state index contributed by atoms with van der Waals surface area (Å²) in [5.74, 6) is 0. The summed E-state index contributed by atoms with van der Waals surface area (Å²) in [5.41, 5.74) is -0.586. The number of hydrogen-bond acceptors (Lipinski definition) is 4. The van der Waals surface area contributed by atoms with Crippen LogP contribution in [0.2, 0.25) is 0 Å². The predicted octanol–water partition coefficient (Wildman–Crippen LogP) is 2.16. The molecule has 2 aliphatic rings. The highest BCUT2D eigenvalue weighted by Gasteiger charge is 2.40. The summed E-state index contributed by atoms with van der Waals surface area (Å²) in [5, 5.41) is 3.83. The molecule has 0 aromatic heterocycles. The number of hydrogen-bond donors (Lipinski definition) is 0. The second-order valence-corrected chi connectivity index (χ2v) is 5.73. The van der Waals surface area contributed by atoms with E-state index in [9.17, 15) is 4.79 Å². The lowest BCUT2D eigenvalue weighted by Crippen LogP contribution is -2.47. The fourth-order valence-electron chi connectivity index (χ4n) is 2.11. The van der Waals surface area contributed by atoms with E-state index in [4.69, 9.17) is 9.57 Å². The van der Waals surface area contributed by atoms with E-state index >= 15 is 0 Å². The van der Waals surface area contributed by atoms with Crippen molar-refractivity contribution in [3.63, 3.8) is 0 Å². The first-order valence-electron chi connectivity index (χ1n) is 6.08. The van der Waals surface area contributed by atoms with Crippen molar-refractivity contribution in [3.05, 3.63) is 0 Å². The Morgan fingerprint density at radius 1 is 1.41 bits per heavy atom. The van der Waals surface area contributed by atoms with Crippen molar-refractivity contribution in [3.8, 4) is 0 Å². The lowest BCUT2D eigenvalue weighted by Gasteiger charge is -2.37. The van der Waals surface area contributed by atoms with Gasteiger partial charge in [-0.05, 0) is 20.8 Å². The summed E-state index contributed by atoms with van der Waals surface area (Å²) in [4.78, 5) is 19.0. The summed E-state index contributed by atoms with van der Waals surface area (Å²) in [6.07, 6.45) is 4.09. The van der Waals surface area contributed by atoms with Gasteiger partial charge in [0.05, 0.1) is 0 Å². The van der Waals surface area contributed by atoms with Crippen LogP contribution in [-0.4, -0.2) is 41.5 Å². The van der Waals surface area contributed by atoms with Crippen LogP contribution in [0.3, 0.4) is 0 Å². The second kappa shape index (κ2) is 4.20. The van der Waals surface area contributed by atoms with Crippen LogP contribution in [-0.2, 0) is 9.57 Å². The minimum absolute atomic E-state index is 0.154. The van der Waals surface area contributed by atoms with Gasteiger partial charge in [0.15, 0.2) is 0 Å². The molecule has 2 rings (SSSR count). The average Bonchev–Trinajstić information content (AvgIpc) is 2.65. The average molecular weight is 240 g/mol. The van der Waals surface area contributed by atoms with Crippen LogP contribution in [0.5, 0.6) is 0 Å². The highest BCUT2D eigenvalue weighted by molar-refractivity contribution is 5.68. The fraction of sp³-hybridized carbons (Fsp3) is 0.833. The third-order valence-electron chi connectivity index (χ3n) is 3.11. The zero-order valence-corrected chi connectivity index (χ0v) is 10.7. The van der Waals surface area contributed by atoms with Gasteiger partial charge < -0.3 is 14.5 Å². The standard InChI is InChI=1S/C12H20N2O3/c1-11(2,3)16-10(15)14-8-5-12(6-9-14)4-7-13-17-12/h7H,4-6,8-9H2,1-3H3. The number of ether oxygens (including phenoxy) is 1. The van der Waals surface area contributed by atoms with Crippen LogP contribution in [0.25, 0.3) is 0 Å². The lowest BCUT2D eigenvalue weighted by molar-refractivity contribution is -0.0639. The first kappa shape index (κ1) is 12.2. The van der Waals surface area contributed by atoms with Crippen LogP contribution in [0, 0.1) is 0 Å². The summed E-state index contributed by atoms with van der Waals surface area (Å²) in [7, 11) is 0. The Balaban J connectivity index is 1.84. The second-order valence-electron chi connectivity index (χ2n) is 5.73. The predicted molar refractivity (Wildman–Crippen MR) is 64.0 cm³/mol. The van der Waals surface area contributed by atoms with Gasteiger partial charge >= 0.3 is 6.09 Å². The topological polar surface area (TPSA) is 51.1 Å². The normalized spacial score (nSPS) is 22.6. The lowest BCUT2D eigenvalue weighted by atomic mass is 9.89. The molecule has 5 heteroatoms. The summed E-state index contributed by atoms with van der Waals surface area (Å²) in [6.45, 7) is 7.00. The molecule has 1 amide bonds.